The zero-order valence-corrected chi connectivity index (χ0v) is 30.7. The van der Waals surface area contributed by atoms with E-state index < -0.39 is 26.8 Å². The van der Waals surface area contributed by atoms with Crippen molar-refractivity contribution in [3.63, 3.8) is 0 Å². The highest BCUT2D eigenvalue weighted by atomic mass is 35.5. The van der Waals surface area contributed by atoms with Gasteiger partial charge >= 0.3 is 0 Å². The van der Waals surface area contributed by atoms with Crippen LogP contribution in [-0.2, 0) is 31.3 Å². The second-order valence-electron chi connectivity index (χ2n) is 15.6. The molecule has 1 saturated heterocycles. The number of amides is 1. The van der Waals surface area contributed by atoms with Crippen molar-refractivity contribution in [3.05, 3.63) is 70.3 Å². The van der Waals surface area contributed by atoms with Crippen molar-refractivity contribution in [3.8, 4) is 5.75 Å². The van der Waals surface area contributed by atoms with Crippen molar-refractivity contribution in [2.75, 3.05) is 44.4 Å². The van der Waals surface area contributed by atoms with Crippen molar-refractivity contribution in [1.82, 2.24) is 4.72 Å². The van der Waals surface area contributed by atoms with Crippen LogP contribution in [0.1, 0.15) is 87.2 Å². The van der Waals surface area contributed by atoms with E-state index in [1.54, 1.807) is 13.0 Å². The number of aryl methyl sites for hydroxylation is 1. The molecule has 2 aromatic carbocycles. The summed E-state index contributed by atoms with van der Waals surface area (Å²) in [6.45, 7) is 10.1. The van der Waals surface area contributed by atoms with Gasteiger partial charge in [0.25, 0.3) is 5.91 Å². The lowest BCUT2D eigenvalue weighted by Crippen LogP contribution is -2.52. The Bertz CT molecular complexity index is 1690. The van der Waals surface area contributed by atoms with Crippen LogP contribution < -0.4 is 14.4 Å². The molecule has 2 fully saturated rings. The second-order valence-corrected chi connectivity index (χ2v) is 18.1. The number of fused-ring (bicyclic) bond motifs is 4. The van der Waals surface area contributed by atoms with Crippen molar-refractivity contribution >= 4 is 33.2 Å². The largest absolute Gasteiger partial charge is 0.490 e. The summed E-state index contributed by atoms with van der Waals surface area (Å²) in [5.41, 5.74) is 2.96. The lowest BCUT2D eigenvalue weighted by atomic mass is 9.64. The number of carbonyl (C=O) groups is 1. The number of anilines is 1. The van der Waals surface area contributed by atoms with Gasteiger partial charge in [-0.3, -0.25) is 4.79 Å². The van der Waals surface area contributed by atoms with Gasteiger partial charge in [-0.05, 0) is 130 Å². The quantitative estimate of drug-likeness (QED) is 0.340. The van der Waals surface area contributed by atoms with E-state index in [0.29, 0.717) is 43.0 Å². The maximum Gasteiger partial charge on any atom is 0.264 e. The Morgan fingerprint density at radius 3 is 2.67 bits per heavy atom. The molecule has 5 aliphatic rings. The average molecular weight is 711 g/mol. The van der Waals surface area contributed by atoms with Crippen LogP contribution in [0.25, 0.3) is 0 Å². The first-order chi connectivity index (χ1) is 23.5. The zero-order valence-electron chi connectivity index (χ0n) is 29.1. The second kappa shape index (κ2) is 13.9. The maximum absolute atomic E-state index is 13.6. The van der Waals surface area contributed by atoms with Crippen LogP contribution in [0.2, 0.25) is 5.02 Å². The first-order valence-corrected chi connectivity index (χ1v) is 20.1. The summed E-state index contributed by atoms with van der Waals surface area (Å²) in [4.78, 5) is 16.0. The summed E-state index contributed by atoms with van der Waals surface area (Å²) in [6, 6.07) is 11.6. The SMILES string of the molecule is C[C@@H]1[C@@H](C)C/C=C\[C@](C)(OCC2CCOCC2)[C@@H]2CC[C@H]2CN2C[C@@]3(CCCc4cc(Cl)ccc43)COc3ccc(cc32)C(=O)NS1(=O)=O. The molecule has 0 radical (unpaired) electrons. The molecule has 2 aromatic rings. The summed E-state index contributed by atoms with van der Waals surface area (Å²) in [6.07, 6.45) is 12.1. The third-order valence-corrected chi connectivity index (χ3v) is 14.5. The topological polar surface area (TPSA) is 94.2 Å². The molecule has 0 unspecified atom stereocenters. The molecule has 266 valence electrons. The third kappa shape index (κ3) is 7.02. The Morgan fingerprint density at radius 1 is 1.08 bits per heavy atom. The van der Waals surface area contributed by atoms with Crippen LogP contribution in [0, 0.1) is 23.7 Å². The summed E-state index contributed by atoms with van der Waals surface area (Å²) in [5, 5.41) is -0.0152. The molecule has 1 spiro atoms. The molecule has 1 N–H and O–H groups in total. The normalized spacial score (nSPS) is 34.0. The predicted octanol–water partition coefficient (Wildman–Crippen LogP) is 7.09. The van der Waals surface area contributed by atoms with E-state index in [1.807, 2.05) is 25.1 Å². The van der Waals surface area contributed by atoms with Crippen molar-refractivity contribution < 1.29 is 27.4 Å². The standard InChI is InChI=1S/C39H51ClN2O6S/c1-26-6-4-16-38(3,48-23-28-14-18-46-19-15-28)33-11-8-31(33)22-42-24-39(17-5-7-29-20-32(40)10-12-34(29)39)25-47-36-13-9-30(21-35(36)42)37(43)41-49(44,45)27(26)2/h4,9-10,12-13,16,20-21,26-28,31,33H,5-8,11,14-15,17-19,22-25H2,1-3H3,(H,41,43)/b16-4-/t26-,27+,31-,33+,38-,39-/m0/s1. The number of carbonyl (C=O) groups excluding carboxylic acids is 1. The van der Waals surface area contributed by atoms with E-state index in [4.69, 9.17) is 25.8 Å². The van der Waals surface area contributed by atoms with Crippen LogP contribution in [0.15, 0.2) is 48.6 Å². The van der Waals surface area contributed by atoms with E-state index in [9.17, 15) is 13.2 Å². The average Bonchev–Trinajstić information content (AvgIpc) is 3.22. The number of sulfonamides is 1. The van der Waals surface area contributed by atoms with Gasteiger partial charge in [-0.2, -0.15) is 0 Å². The molecule has 1 saturated carbocycles. The molecule has 49 heavy (non-hydrogen) atoms. The molecule has 2 bridgehead atoms. The lowest BCUT2D eigenvalue weighted by Gasteiger charge is -2.50. The fourth-order valence-corrected chi connectivity index (χ4v) is 10.3. The van der Waals surface area contributed by atoms with Gasteiger partial charge in [0.2, 0.25) is 10.0 Å². The third-order valence-electron chi connectivity index (χ3n) is 12.4. The minimum atomic E-state index is -3.93. The molecule has 3 aliphatic heterocycles. The summed E-state index contributed by atoms with van der Waals surface area (Å²) >= 11 is 6.47. The van der Waals surface area contributed by atoms with E-state index in [-0.39, 0.29) is 11.3 Å². The smallest absolute Gasteiger partial charge is 0.264 e. The minimum Gasteiger partial charge on any atom is -0.490 e. The number of allylic oxidation sites excluding steroid dienone is 1. The monoisotopic (exact) mass is 710 g/mol. The van der Waals surface area contributed by atoms with Crippen LogP contribution in [0.3, 0.4) is 0 Å². The number of hydrogen-bond donors (Lipinski definition) is 1. The number of rotatable bonds is 3. The molecular weight excluding hydrogens is 660 g/mol. The zero-order chi connectivity index (χ0) is 34.4. The number of hydrogen-bond acceptors (Lipinski definition) is 7. The number of benzene rings is 2. The van der Waals surface area contributed by atoms with Crippen LogP contribution in [0.4, 0.5) is 5.69 Å². The van der Waals surface area contributed by atoms with E-state index >= 15 is 0 Å². The molecule has 6 atom stereocenters. The summed E-state index contributed by atoms with van der Waals surface area (Å²) in [5.74, 6) is 1.03. The lowest BCUT2D eigenvalue weighted by molar-refractivity contribution is -0.105. The number of halogens is 1. The van der Waals surface area contributed by atoms with Gasteiger partial charge in [0.05, 0.1) is 29.8 Å². The van der Waals surface area contributed by atoms with Gasteiger partial charge < -0.3 is 19.1 Å². The summed E-state index contributed by atoms with van der Waals surface area (Å²) < 4.78 is 48.6. The molecule has 1 amide bonds. The van der Waals surface area contributed by atoms with Crippen LogP contribution >= 0.6 is 11.6 Å². The van der Waals surface area contributed by atoms with E-state index in [0.717, 1.165) is 87.7 Å². The van der Waals surface area contributed by atoms with Gasteiger partial charge in [0, 0.05) is 42.3 Å². The Hall–Kier alpha value is -2.59. The first kappa shape index (κ1) is 34.8. The highest BCUT2D eigenvalue weighted by Crippen LogP contribution is 2.49. The molecule has 0 aromatic heterocycles. The van der Waals surface area contributed by atoms with Crippen LogP contribution in [0.5, 0.6) is 5.75 Å². The first-order valence-electron chi connectivity index (χ1n) is 18.2. The molecular formula is C39H51ClN2O6S. The Labute approximate surface area is 296 Å². The number of ether oxygens (including phenoxy) is 3. The van der Waals surface area contributed by atoms with Crippen molar-refractivity contribution in [2.45, 2.75) is 88.4 Å². The van der Waals surface area contributed by atoms with E-state index in [2.05, 4.69) is 40.8 Å². The van der Waals surface area contributed by atoms with Crippen molar-refractivity contribution in [2.24, 2.45) is 23.7 Å². The fourth-order valence-electron chi connectivity index (χ4n) is 8.87. The molecule has 10 heteroatoms. The molecule has 2 aliphatic carbocycles. The fraction of sp³-hybridized carbons (Fsp3) is 0.615. The maximum atomic E-state index is 13.6. The van der Waals surface area contributed by atoms with Crippen LogP contribution in [-0.4, -0.2) is 64.7 Å². The molecule has 8 nitrogen and oxygen atoms in total. The highest BCUT2D eigenvalue weighted by Gasteiger charge is 2.48. The van der Waals surface area contributed by atoms with Gasteiger partial charge in [-0.15, -0.1) is 0 Å². The predicted molar refractivity (Wildman–Crippen MR) is 193 cm³/mol. The Balaban J connectivity index is 1.28. The Morgan fingerprint density at radius 2 is 1.90 bits per heavy atom. The van der Waals surface area contributed by atoms with Gasteiger partial charge in [0.15, 0.2) is 0 Å². The number of nitrogens with one attached hydrogen (secondary N) is 1. The van der Waals surface area contributed by atoms with Crippen molar-refractivity contribution in [1.29, 1.82) is 0 Å². The van der Waals surface area contributed by atoms with Gasteiger partial charge in [-0.25, -0.2) is 13.1 Å². The van der Waals surface area contributed by atoms with Gasteiger partial charge in [-0.1, -0.05) is 36.7 Å². The highest BCUT2D eigenvalue weighted by molar-refractivity contribution is 7.90. The van der Waals surface area contributed by atoms with E-state index in [1.165, 1.54) is 11.1 Å². The Kier molecular flexibility index (Phi) is 9.85. The summed E-state index contributed by atoms with van der Waals surface area (Å²) in [7, 11) is -3.93. The molecule has 7 rings (SSSR count). The number of nitrogens with zero attached hydrogens (tertiary/aromatic N) is 1. The van der Waals surface area contributed by atoms with Gasteiger partial charge in [0.1, 0.15) is 5.75 Å². The molecule has 3 heterocycles. The minimum absolute atomic E-state index is 0.202.